The molecule has 0 saturated carbocycles. The van der Waals surface area contributed by atoms with Crippen LogP contribution in [0.5, 0.6) is 0 Å². The summed E-state index contributed by atoms with van der Waals surface area (Å²) in [7, 11) is -28.8. The van der Waals surface area contributed by atoms with E-state index in [0.29, 0.717) is 9.80 Å². The van der Waals surface area contributed by atoms with E-state index in [1.54, 1.807) is 0 Å². The van der Waals surface area contributed by atoms with Gasteiger partial charge in [-0.15, -0.1) is 0 Å². The molecular formula is C12H36N4Na6O18P6. The SMILES string of the molecule is O=P(O)(O)CN(CCN(CCN(CP(=O)(O)O)CP(=O)(O)O)CP(=O)(O)O)CCN(CP(=O)(O)O)CP(=O)(O)O.[Na].[Na].[Na].[Na].[Na].[Na]. The number of hydrogen-bond donors (Lipinski definition) is 12. The summed E-state index contributed by atoms with van der Waals surface area (Å²) in [6, 6.07) is 0. The van der Waals surface area contributed by atoms with Crippen molar-refractivity contribution >= 4 is 223 Å². The van der Waals surface area contributed by atoms with Gasteiger partial charge >= 0.3 is 45.6 Å². The molecule has 0 aliphatic rings. The van der Waals surface area contributed by atoms with E-state index in [9.17, 15) is 47.0 Å². The Balaban J connectivity index is -0.000000507. The molecule has 0 saturated heterocycles. The van der Waals surface area contributed by atoms with Gasteiger partial charge in [-0.1, -0.05) is 0 Å². The fourth-order valence-corrected chi connectivity index (χ4v) is 8.26. The van der Waals surface area contributed by atoms with E-state index in [1.807, 2.05) is 0 Å². The smallest absolute Gasteiger partial charge is 0.324 e. The molecule has 0 fully saturated rings. The van der Waals surface area contributed by atoms with E-state index < -0.39 is 109 Å². The van der Waals surface area contributed by atoms with Crippen molar-refractivity contribution in [1.82, 2.24) is 19.6 Å². The second kappa shape index (κ2) is 29.9. The van der Waals surface area contributed by atoms with Gasteiger partial charge in [0.05, 0.1) is 0 Å². The molecule has 0 aliphatic carbocycles. The van der Waals surface area contributed by atoms with Crippen molar-refractivity contribution in [3.8, 4) is 0 Å². The van der Waals surface area contributed by atoms with E-state index in [4.69, 9.17) is 39.1 Å². The summed E-state index contributed by atoms with van der Waals surface area (Å²) in [6.45, 7) is -2.65. The van der Waals surface area contributed by atoms with Crippen molar-refractivity contribution in [2.75, 3.05) is 77.0 Å². The van der Waals surface area contributed by atoms with E-state index in [0.717, 1.165) is 9.80 Å². The van der Waals surface area contributed by atoms with Crippen molar-refractivity contribution in [2.24, 2.45) is 0 Å². The van der Waals surface area contributed by atoms with Gasteiger partial charge < -0.3 is 58.7 Å². The van der Waals surface area contributed by atoms with Gasteiger partial charge in [-0.05, 0) is 0 Å². The molecule has 12 N–H and O–H groups in total. The molecule has 0 spiro atoms. The third-order valence-electron chi connectivity index (χ3n) is 4.50. The molecule has 0 aliphatic heterocycles. The zero-order valence-corrected chi connectivity index (χ0v) is 44.1. The summed E-state index contributed by atoms with van der Waals surface area (Å²) in [6.07, 6.45) is -6.33. The van der Waals surface area contributed by atoms with Crippen LogP contribution in [0.1, 0.15) is 0 Å². The number of rotatable bonds is 21. The minimum absolute atomic E-state index is 0. The maximum atomic E-state index is 11.6. The minimum Gasteiger partial charge on any atom is -0.324 e. The van der Waals surface area contributed by atoms with Crippen LogP contribution in [0.15, 0.2) is 0 Å². The van der Waals surface area contributed by atoms with E-state index >= 15 is 0 Å². The fourth-order valence-electron chi connectivity index (χ4n) is 3.29. The van der Waals surface area contributed by atoms with Crippen LogP contribution in [-0.4, -0.2) is 333 Å². The van der Waals surface area contributed by atoms with Crippen LogP contribution in [0.3, 0.4) is 0 Å². The minimum atomic E-state index is -4.81. The standard InChI is InChI=1S/C12H36N4O18P6.6Na/c17-35(18,19)7-13(3-5-15(9-37(23,24)25)10-38(26,27)28)1-2-14(8-36(20,21)22)4-6-16(11-39(29,30)31)12-40(32,33)34;;;;;;/h1-12H2,(H2,17,18,19)(H2,20,21,22)(H2,23,24,25)(H2,26,27,28)(H2,29,30,31)(H2,32,33,34);;;;;;. The van der Waals surface area contributed by atoms with Gasteiger partial charge in [-0.2, -0.15) is 0 Å². The van der Waals surface area contributed by atoms with Gasteiger partial charge in [0.15, 0.2) is 0 Å². The fraction of sp³-hybridized carbons (Fsp3) is 1.00. The largest absolute Gasteiger partial charge is 0.339 e. The molecule has 0 atom stereocenters. The molecule has 22 nitrogen and oxygen atoms in total. The predicted octanol–water partition coefficient (Wildman–Crippen LogP) is -5.28. The molecule has 0 heterocycles. The molecule has 34 heteroatoms. The Morgan fingerprint density at radius 3 is 0.500 bits per heavy atom. The molecule has 0 aromatic rings. The second-order valence-corrected chi connectivity index (χ2v) is 18.5. The van der Waals surface area contributed by atoms with E-state index in [1.165, 1.54) is 0 Å². The molecule has 0 aromatic carbocycles. The summed E-state index contributed by atoms with van der Waals surface area (Å²) in [5.41, 5.74) is 0. The average Bonchev–Trinajstić information content (AvgIpc) is 2.60. The Labute approximate surface area is 399 Å². The first-order valence-corrected chi connectivity index (χ1v) is 21.5. The summed E-state index contributed by atoms with van der Waals surface area (Å²) < 4.78 is 68.5. The van der Waals surface area contributed by atoms with Crippen LogP contribution in [0, 0.1) is 0 Å². The molecule has 46 heavy (non-hydrogen) atoms. The van der Waals surface area contributed by atoms with Crippen LogP contribution in [-0.2, 0) is 27.4 Å². The predicted molar refractivity (Wildman–Crippen MR) is 173 cm³/mol. The van der Waals surface area contributed by atoms with Gasteiger partial charge in [0.2, 0.25) is 0 Å². The van der Waals surface area contributed by atoms with Crippen molar-refractivity contribution in [3.05, 3.63) is 0 Å². The molecule has 248 valence electrons. The molecule has 0 unspecified atom stereocenters. The Bertz CT molecular complexity index is 967. The zero-order chi connectivity index (χ0) is 31.8. The van der Waals surface area contributed by atoms with Gasteiger partial charge in [0.25, 0.3) is 0 Å². The van der Waals surface area contributed by atoms with Crippen LogP contribution < -0.4 is 0 Å². The first kappa shape index (κ1) is 67.5. The van der Waals surface area contributed by atoms with Gasteiger partial charge in [0, 0.05) is 217 Å². The molecule has 0 rings (SSSR count). The zero-order valence-electron chi connectivity index (χ0n) is 26.8. The Hall–Kier alpha value is 6.74. The molecule has 0 amide bonds. The average molecular weight is 848 g/mol. The number of nitrogens with zero attached hydrogens (tertiary/aromatic N) is 4. The van der Waals surface area contributed by atoms with Crippen molar-refractivity contribution in [1.29, 1.82) is 0 Å². The second-order valence-electron chi connectivity index (χ2n) is 8.86. The maximum Gasteiger partial charge on any atom is 0.339 e. The molecule has 0 aromatic heterocycles. The van der Waals surface area contributed by atoms with E-state index in [2.05, 4.69) is 0 Å². The van der Waals surface area contributed by atoms with Crippen molar-refractivity contribution in [2.45, 2.75) is 0 Å². The van der Waals surface area contributed by atoms with Gasteiger partial charge in [-0.3, -0.25) is 47.0 Å². The summed E-state index contributed by atoms with van der Waals surface area (Å²) in [5.74, 6) is 0. The first-order chi connectivity index (χ1) is 17.5. The number of hydrogen-bond acceptors (Lipinski definition) is 10. The Morgan fingerprint density at radius 1 is 0.261 bits per heavy atom. The topological polar surface area (TPSA) is 358 Å². The summed E-state index contributed by atoms with van der Waals surface area (Å²) in [5, 5.41) is 0. The quantitative estimate of drug-likeness (QED) is 0.0379. The van der Waals surface area contributed by atoms with Crippen molar-refractivity contribution < 1.29 is 86.1 Å². The third-order valence-corrected chi connectivity index (χ3v) is 9.11. The Morgan fingerprint density at radius 2 is 0.370 bits per heavy atom. The maximum absolute atomic E-state index is 11.6. The van der Waals surface area contributed by atoms with Crippen LogP contribution in [0.4, 0.5) is 0 Å². The molecule has 0 bridgehead atoms. The van der Waals surface area contributed by atoms with Gasteiger partial charge in [-0.25, -0.2) is 0 Å². The Kier molecular flexibility index (Phi) is 43.9. The van der Waals surface area contributed by atoms with E-state index in [-0.39, 0.29) is 190 Å². The van der Waals surface area contributed by atoms with Crippen LogP contribution in [0.25, 0.3) is 0 Å². The van der Waals surface area contributed by atoms with Crippen molar-refractivity contribution in [3.63, 3.8) is 0 Å². The summed E-state index contributed by atoms with van der Waals surface area (Å²) >= 11 is 0. The van der Waals surface area contributed by atoms with Gasteiger partial charge in [0.1, 0.15) is 37.7 Å². The first-order valence-electron chi connectivity index (χ1n) is 10.7. The molecular weight excluding hydrogens is 812 g/mol. The van der Waals surface area contributed by atoms with Crippen LogP contribution in [0.2, 0.25) is 0 Å². The third kappa shape index (κ3) is 46.9. The molecule has 6 radical (unpaired) electrons. The monoisotopic (exact) mass is 848 g/mol. The summed E-state index contributed by atoms with van der Waals surface area (Å²) in [4.78, 5) is 114. The van der Waals surface area contributed by atoms with Crippen LogP contribution >= 0.6 is 45.6 Å². The normalized spacial score (nSPS) is 12.8.